The zero-order valence-electron chi connectivity index (χ0n) is 18.7. The number of rotatable bonds is 5. The van der Waals surface area contributed by atoms with Crippen LogP contribution in [0.1, 0.15) is 78.6 Å². The lowest BCUT2D eigenvalue weighted by atomic mass is 9.61. The third-order valence-electron chi connectivity index (χ3n) is 7.83. The minimum atomic E-state index is -1.12. The molecule has 3 nitrogen and oxygen atoms in total. The van der Waals surface area contributed by atoms with E-state index in [-0.39, 0.29) is 6.10 Å². The van der Waals surface area contributed by atoms with E-state index in [0.29, 0.717) is 29.6 Å². The first-order chi connectivity index (χ1) is 13.6. The molecule has 0 aliphatic heterocycles. The lowest BCUT2D eigenvalue weighted by Gasteiger charge is -2.44. The summed E-state index contributed by atoms with van der Waals surface area (Å²) < 4.78 is 0. The first-order valence-corrected chi connectivity index (χ1v) is 11.5. The molecule has 0 aromatic carbocycles. The maximum atomic E-state index is 10.0. The minimum absolute atomic E-state index is 0.209. The normalized spacial score (nSPS) is 39.1. The zero-order chi connectivity index (χ0) is 21.2. The fourth-order valence-corrected chi connectivity index (χ4v) is 6.19. The van der Waals surface area contributed by atoms with Crippen molar-refractivity contribution in [3.8, 4) is 0 Å². The van der Waals surface area contributed by atoms with Crippen LogP contribution in [0, 0.1) is 23.2 Å². The molecule has 6 atom stereocenters. The van der Waals surface area contributed by atoms with E-state index in [1.807, 2.05) is 0 Å². The van der Waals surface area contributed by atoms with Gasteiger partial charge in [-0.3, -0.25) is 0 Å². The molecule has 0 radical (unpaired) electrons. The predicted octanol–water partition coefficient (Wildman–Crippen LogP) is 5.41. The zero-order valence-corrected chi connectivity index (χ0v) is 18.7. The van der Waals surface area contributed by atoms with Gasteiger partial charge in [0, 0.05) is 6.42 Å². The van der Waals surface area contributed by atoms with Gasteiger partial charge in [0.15, 0.2) is 0 Å². The number of aliphatic hydroxyl groups excluding tert-OH is 1. The van der Waals surface area contributed by atoms with E-state index in [4.69, 9.17) is 5.73 Å². The molecule has 162 valence electrons. The number of allylic oxidation sites excluding steroid dienone is 5. The van der Waals surface area contributed by atoms with Gasteiger partial charge in [-0.05, 0) is 87.0 Å². The number of hydrogen-bond acceptors (Lipinski definition) is 3. The Kier molecular flexibility index (Phi) is 6.92. The van der Waals surface area contributed by atoms with Crippen molar-refractivity contribution in [2.24, 2.45) is 28.9 Å². The van der Waals surface area contributed by atoms with Crippen LogP contribution in [-0.2, 0) is 0 Å². The van der Waals surface area contributed by atoms with E-state index < -0.39 is 5.72 Å². The second-order valence-corrected chi connectivity index (χ2v) is 10.4. The van der Waals surface area contributed by atoms with Crippen molar-refractivity contribution in [2.75, 3.05) is 0 Å². The second kappa shape index (κ2) is 8.91. The van der Waals surface area contributed by atoms with Gasteiger partial charge in [0.25, 0.3) is 0 Å². The molecule has 4 N–H and O–H groups in total. The molecule has 0 aromatic rings. The van der Waals surface area contributed by atoms with Crippen LogP contribution in [0.2, 0.25) is 0 Å². The standard InChI is InChI=1S/C26H41NO2/c1-18-9-12-22(28)17-21(18)11-10-20-8-6-15-25(3)23(13-14-24(20)25)19(2)7-5-16-26(4,27)29/h5,7,10-11,19,22-24,28-29H,1,6,8-9,12-17,27H2,2-4H3/b7-5+,20-10+,21-11-/t19?,22?,23-,24?,25-,26?/m1/s1. The van der Waals surface area contributed by atoms with E-state index in [2.05, 4.69) is 44.7 Å². The lowest BCUT2D eigenvalue weighted by molar-refractivity contribution is 0.0701. The minimum Gasteiger partial charge on any atom is -0.393 e. The summed E-state index contributed by atoms with van der Waals surface area (Å²) in [6, 6.07) is 0. The van der Waals surface area contributed by atoms with Crippen LogP contribution in [0.3, 0.4) is 0 Å². The van der Waals surface area contributed by atoms with Crippen molar-refractivity contribution in [2.45, 2.75) is 90.4 Å². The average Bonchev–Trinajstić information content (AvgIpc) is 2.99. The van der Waals surface area contributed by atoms with Gasteiger partial charge in [0.05, 0.1) is 6.10 Å². The van der Waals surface area contributed by atoms with E-state index in [1.54, 1.807) is 12.5 Å². The Morgan fingerprint density at radius 2 is 2.03 bits per heavy atom. The second-order valence-electron chi connectivity index (χ2n) is 10.4. The quantitative estimate of drug-likeness (QED) is 0.428. The molecule has 3 heteroatoms. The highest BCUT2D eigenvalue weighted by atomic mass is 16.3. The summed E-state index contributed by atoms with van der Waals surface area (Å²) >= 11 is 0. The van der Waals surface area contributed by atoms with Crippen molar-refractivity contribution in [3.63, 3.8) is 0 Å². The van der Waals surface area contributed by atoms with Crippen molar-refractivity contribution < 1.29 is 10.2 Å². The Labute approximate surface area is 177 Å². The van der Waals surface area contributed by atoms with E-state index in [9.17, 15) is 10.2 Å². The summed E-state index contributed by atoms with van der Waals surface area (Å²) in [7, 11) is 0. The predicted molar refractivity (Wildman–Crippen MR) is 121 cm³/mol. The van der Waals surface area contributed by atoms with Crippen molar-refractivity contribution >= 4 is 0 Å². The summed E-state index contributed by atoms with van der Waals surface area (Å²) in [6.07, 6.45) is 18.1. The Balaban J connectivity index is 1.73. The molecule has 3 aliphatic carbocycles. The highest BCUT2D eigenvalue weighted by molar-refractivity contribution is 5.36. The smallest absolute Gasteiger partial charge is 0.114 e. The van der Waals surface area contributed by atoms with Gasteiger partial charge in [-0.25, -0.2) is 0 Å². The van der Waals surface area contributed by atoms with Crippen molar-refractivity contribution in [1.82, 2.24) is 0 Å². The first-order valence-electron chi connectivity index (χ1n) is 11.5. The highest BCUT2D eigenvalue weighted by Gasteiger charge is 2.50. The molecule has 3 aliphatic rings. The molecule has 3 saturated carbocycles. The van der Waals surface area contributed by atoms with E-state index in [1.165, 1.54) is 43.3 Å². The topological polar surface area (TPSA) is 66.5 Å². The number of hydrogen-bond donors (Lipinski definition) is 3. The van der Waals surface area contributed by atoms with Crippen LogP contribution in [0.15, 0.2) is 47.6 Å². The highest BCUT2D eigenvalue weighted by Crippen LogP contribution is 2.59. The van der Waals surface area contributed by atoms with Gasteiger partial charge >= 0.3 is 0 Å². The van der Waals surface area contributed by atoms with Gasteiger partial charge in [0.1, 0.15) is 5.72 Å². The molecular formula is C26H41NO2. The fourth-order valence-electron chi connectivity index (χ4n) is 6.19. The molecule has 0 spiro atoms. The molecule has 0 bridgehead atoms. The Morgan fingerprint density at radius 1 is 1.28 bits per heavy atom. The van der Waals surface area contributed by atoms with E-state index in [0.717, 1.165) is 19.3 Å². The lowest BCUT2D eigenvalue weighted by Crippen LogP contribution is -2.36. The van der Waals surface area contributed by atoms with E-state index >= 15 is 0 Å². The van der Waals surface area contributed by atoms with Crippen molar-refractivity contribution in [3.05, 3.63) is 47.6 Å². The summed E-state index contributed by atoms with van der Waals surface area (Å²) in [5, 5.41) is 19.8. The van der Waals surface area contributed by atoms with Gasteiger partial charge in [-0.1, -0.05) is 55.9 Å². The molecule has 3 fully saturated rings. The molecule has 0 amide bonds. The summed E-state index contributed by atoms with van der Waals surface area (Å²) in [5.74, 6) is 1.83. The number of fused-ring (bicyclic) bond motifs is 1. The van der Waals surface area contributed by atoms with Gasteiger partial charge in [-0.2, -0.15) is 0 Å². The van der Waals surface area contributed by atoms with Gasteiger partial charge in [-0.15, -0.1) is 0 Å². The monoisotopic (exact) mass is 399 g/mol. The Morgan fingerprint density at radius 3 is 2.76 bits per heavy atom. The molecule has 4 unspecified atom stereocenters. The first kappa shape index (κ1) is 22.5. The molecule has 0 aromatic heterocycles. The maximum absolute atomic E-state index is 10.0. The maximum Gasteiger partial charge on any atom is 0.114 e. The van der Waals surface area contributed by atoms with Crippen LogP contribution < -0.4 is 5.73 Å². The van der Waals surface area contributed by atoms with Crippen LogP contribution in [0.25, 0.3) is 0 Å². The SMILES string of the molecule is C=C1CCC(O)C/C1=C/C=C1\CCC[C@@]2(C)C1CC[C@@H]2C(C)/C=C/CC(C)(N)O. The van der Waals surface area contributed by atoms with Crippen LogP contribution >= 0.6 is 0 Å². The van der Waals surface area contributed by atoms with Crippen LogP contribution in [0.4, 0.5) is 0 Å². The Bertz CT molecular complexity index is 696. The number of nitrogens with two attached hydrogens (primary N) is 1. The fraction of sp³-hybridized carbons (Fsp3) is 0.692. The average molecular weight is 400 g/mol. The molecule has 29 heavy (non-hydrogen) atoms. The molecule has 0 saturated heterocycles. The van der Waals surface area contributed by atoms with Gasteiger partial charge in [0.2, 0.25) is 0 Å². The summed E-state index contributed by atoms with van der Waals surface area (Å²) in [5.41, 5.74) is 8.97. The number of aliphatic hydroxyl groups is 2. The van der Waals surface area contributed by atoms with Crippen molar-refractivity contribution in [1.29, 1.82) is 0 Å². The molecule has 0 heterocycles. The third-order valence-corrected chi connectivity index (χ3v) is 7.83. The molecular weight excluding hydrogens is 358 g/mol. The van der Waals surface area contributed by atoms with Crippen LogP contribution in [-0.4, -0.2) is 22.0 Å². The van der Waals surface area contributed by atoms with Crippen LogP contribution in [0.5, 0.6) is 0 Å². The third kappa shape index (κ3) is 5.31. The Hall–Kier alpha value is -1.16. The van der Waals surface area contributed by atoms with Gasteiger partial charge < -0.3 is 15.9 Å². The molecule has 3 rings (SSSR count). The largest absolute Gasteiger partial charge is 0.393 e. The summed E-state index contributed by atoms with van der Waals surface area (Å²) in [6.45, 7) is 10.7. The summed E-state index contributed by atoms with van der Waals surface area (Å²) in [4.78, 5) is 0.